The molecule has 11 heavy (non-hydrogen) atoms. The fourth-order valence-electron chi connectivity index (χ4n) is 1.19. The average Bonchev–Trinajstić information content (AvgIpc) is 1.97. The van der Waals surface area contributed by atoms with Crippen LogP contribution in [0.15, 0.2) is 0 Å². The molecule has 1 heterocycles. The predicted molar refractivity (Wildman–Crippen MR) is 45.2 cm³/mol. The molecule has 1 aliphatic heterocycles. The van der Waals surface area contributed by atoms with Gasteiger partial charge in [-0.1, -0.05) is 0 Å². The molecular formula is C7H15NO2S. The maximum atomic E-state index is 11.2. The Morgan fingerprint density at radius 1 is 1.45 bits per heavy atom. The van der Waals surface area contributed by atoms with E-state index in [9.17, 15) is 4.21 Å². The van der Waals surface area contributed by atoms with E-state index in [0.717, 1.165) is 12.8 Å². The smallest absolute Gasteiger partial charge is 0.0669 e. The highest BCUT2D eigenvalue weighted by Gasteiger charge is 2.31. The van der Waals surface area contributed by atoms with Gasteiger partial charge in [-0.3, -0.25) is 4.78 Å². The molecule has 0 radical (unpaired) electrons. The zero-order valence-corrected chi connectivity index (χ0v) is 7.87. The Morgan fingerprint density at radius 2 is 1.91 bits per heavy atom. The van der Waals surface area contributed by atoms with Crippen molar-refractivity contribution in [2.24, 2.45) is 0 Å². The second-order valence-electron chi connectivity index (χ2n) is 3.37. The second kappa shape index (κ2) is 2.75. The largest absolute Gasteiger partial charge is 0.378 e. The van der Waals surface area contributed by atoms with E-state index in [4.69, 9.17) is 9.52 Å². The molecule has 0 aromatic heterocycles. The summed E-state index contributed by atoms with van der Waals surface area (Å²) in [5.74, 6) is 0.995. The lowest BCUT2D eigenvalue weighted by atomic mass is 10.00. The Kier molecular flexibility index (Phi) is 2.25. The molecule has 1 aliphatic rings. The number of rotatable bonds is 1. The molecule has 3 nitrogen and oxygen atoms in total. The summed E-state index contributed by atoms with van der Waals surface area (Å²) in [5, 5.41) is 0. The van der Waals surface area contributed by atoms with E-state index in [-0.39, 0.29) is 5.60 Å². The predicted octanol–water partition coefficient (Wildman–Crippen LogP) is 1.23. The van der Waals surface area contributed by atoms with Gasteiger partial charge in [0.25, 0.3) is 0 Å². The van der Waals surface area contributed by atoms with Gasteiger partial charge in [-0.2, -0.15) is 0 Å². The van der Waals surface area contributed by atoms with Crippen molar-refractivity contribution >= 4 is 9.73 Å². The standard InChI is InChI=1S/C7H15NO2S/c1-7(10-2)3-5-11(8,9)6-4-7/h8H,3-6H2,1-2H3. The third-order valence-corrected chi connectivity index (χ3v) is 4.14. The Balaban J connectivity index is 2.62. The molecule has 0 bridgehead atoms. The van der Waals surface area contributed by atoms with Crippen molar-refractivity contribution in [3.63, 3.8) is 0 Å². The van der Waals surface area contributed by atoms with Gasteiger partial charge in [0.2, 0.25) is 0 Å². The zero-order valence-electron chi connectivity index (χ0n) is 7.05. The summed E-state index contributed by atoms with van der Waals surface area (Å²) >= 11 is 0. The summed E-state index contributed by atoms with van der Waals surface area (Å²) in [4.78, 5) is 0. The van der Waals surface area contributed by atoms with E-state index >= 15 is 0 Å². The van der Waals surface area contributed by atoms with Gasteiger partial charge < -0.3 is 4.74 Å². The van der Waals surface area contributed by atoms with Crippen molar-refractivity contribution in [1.82, 2.24) is 0 Å². The fraction of sp³-hybridized carbons (Fsp3) is 1.00. The van der Waals surface area contributed by atoms with Gasteiger partial charge in [0.1, 0.15) is 0 Å². The van der Waals surface area contributed by atoms with Crippen LogP contribution in [0.2, 0.25) is 0 Å². The minimum atomic E-state index is -2.24. The first-order valence-electron chi connectivity index (χ1n) is 3.77. The molecule has 4 heteroatoms. The lowest BCUT2D eigenvalue weighted by molar-refractivity contribution is -0.00135. The van der Waals surface area contributed by atoms with Crippen LogP contribution in [0.5, 0.6) is 0 Å². The normalized spacial score (nSPS) is 45.6. The summed E-state index contributed by atoms with van der Waals surface area (Å²) in [7, 11) is -0.566. The van der Waals surface area contributed by atoms with Crippen LogP contribution in [-0.4, -0.2) is 28.4 Å². The van der Waals surface area contributed by atoms with Crippen molar-refractivity contribution in [3.8, 4) is 0 Å². The van der Waals surface area contributed by atoms with Crippen molar-refractivity contribution in [3.05, 3.63) is 0 Å². The third-order valence-electron chi connectivity index (χ3n) is 2.41. The summed E-state index contributed by atoms with van der Waals surface area (Å²) < 4.78 is 23.8. The van der Waals surface area contributed by atoms with E-state index < -0.39 is 9.73 Å². The molecule has 0 aromatic rings. The molecular weight excluding hydrogens is 162 g/mol. The quantitative estimate of drug-likeness (QED) is 0.655. The number of nitrogens with one attached hydrogen (secondary N) is 1. The van der Waals surface area contributed by atoms with E-state index in [0.29, 0.717) is 11.5 Å². The van der Waals surface area contributed by atoms with Crippen LogP contribution in [0.4, 0.5) is 0 Å². The second-order valence-corrected chi connectivity index (χ2v) is 5.81. The van der Waals surface area contributed by atoms with Crippen LogP contribution >= 0.6 is 0 Å². The first kappa shape index (κ1) is 9.00. The number of hydrogen-bond donors (Lipinski definition) is 1. The average molecular weight is 177 g/mol. The minimum Gasteiger partial charge on any atom is -0.378 e. The Labute approximate surface area is 68.1 Å². The number of hydrogen-bond acceptors (Lipinski definition) is 3. The highest BCUT2D eigenvalue weighted by molar-refractivity contribution is 7.92. The van der Waals surface area contributed by atoms with Crippen molar-refractivity contribution in [2.75, 3.05) is 18.6 Å². The minimum absolute atomic E-state index is 0.123. The van der Waals surface area contributed by atoms with E-state index in [1.54, 1.807) is 7.11 Å². The van der Waals surface area contributed by atoms with Crippen LogP contribution in [0, 0.1) is 4.78 Å². The molecule has 1 fully saturated rings. The molecule has 0 saturated carbocycles. The van der Waals surface area contributed by atoms with Crippen LogP contribution in [0.25, 0.3) is 0 Å². The highest BCUT2D eigenvalue weighted by atomic mass is 32.2. The Morgan fingerprint density at radius 3 is 2.27 bits per heavy atom. The third kappa shape index (κ3) is 2.17. The maximum absolute atomic E-state index is 11.2. The number of ether oxygens (including phenoxy) is 1. The topological polar surface area (TPSA) is 50.1 Å². The summed E-state index contributed by atoms with van der Waals surface area (Å²) in [6.45, 7) is 2.02. The summed E-state index contributed by atoms with van der Waals surface area (Å²) in [6.07, 6.45) is 1.51. The van der Waals surface area contributed by atoms with Crippen LogP contribution in [-0.2, 0) is 14.5 Å². The SMILES string of the molecule is COC1(C)CCS(=N)(=O)CC1. The molecule has 1 saturated heterocycles. The molecule has 0 unspecified atom stereocenters. The van der Waals surface area contributed by atoms with Gasteiger partial charge in [-0.25, -0.2) is 4.21 Å². The molecule has 1 N–H and O–H groups in total. The summed E-state index contributed by atoms with van der Waals surface area (Å²) in [5.41, 5.74) is -0.123. The summed E-state index contributed by atoms with van der Waals surface area (Å²) in [6, 6.07) is 0. The molecule has 0 atom stereocenters. The van der Waals surface area contributed by atoms with Gasteiger partial charge in [0.15, 0.2) is 0 Å². The first-order chi connectivity index (χ1) is 4.97. The lowest BCUT2D eigenvalue weighted by Gasteiger charge is -2.32. The van der Waals surface area contributed by atoms with Gasteiger partial charge in [0.05, 0.1) is 5.60 Å². The van der Waals surface area contributed by atoms with Gasteiger partial charge in [-0.15, -0.1) is 0 Å². The van der Waals surface area contributed by atoms with E-state index in [1.165, 1.54) is 0 Å². The highest BCUT2D eigenvalue weighted by Crippen LogP contribution is 2.26. The monoisotopic (exact) mass is 177 g/mol. The van der Waals surface area contributed by atoms with Crippen molar-refractivity contribution in [2.45, 2.75) is 25.4 Å². The van der Waals surface area contributed by atoms with Crippen molar-refractivity contribution < 1.29 is 8.95 Å². The van der Waals surface area contributed by atoms with Gasteiger partial charge in [0, 0.05) is 28.3 Å². The molecule has 66 valence electrons. The van der Waals surface area contributed by atoms with Crippen LogP contribution < -0.4 is 0 Å². The zero-order chi connectivity index (χ0) is 8.54. The van der Waals surface area contributed by atoms with E-state index in [2.05, 4.69) is 0 Å². The Bertz CT molecular complexity index is 219. The molecule has 0 amide bonds. The maximum Gasteiger partial charge on any atom is 0.0669 e. The lowest BCUT2D eigenvalue weighted by Crippen LogP contribution is -2.37. The van der Waals surface area contributed by atoms with E-state index in [1.807, 2.05) is 6.92 Å². The molecule has 0 spiro atoms. The first-order valence-corrected chi connectivity index (χ1v) is 5.66. The van der Waals surface area contributed by atoms with Crippen LogP contribution in [0.1, 0.15) is 19.8 Å². The molecule has 0 aliphatic carbocycles. The van der Waals surface area contributed by atoms with Crippen LogP contribution in [0.3, 0.4) is 0 Å². The van der Waals surface area contributed by atoms with Gasteiger partial charge >= 0.3 is 0 Å². The number of methoxy groups -OCH3 is 1. The Hall–Kier alpha value is -0.0900. The van der Waals surface area contributed by atoms with Gasteiger partial charge in [-0.05, 0) is 19.8 Å². The molecule has 0 aromatic carbocycles. The molecule has 1 rings (SSSR count). The van der Waals surface area contributed by atoms with Crippen molar-refractivity contribution in [1.29, 1.82) is 4.78 Å². The fourth-order valence-corrected chi connectivity index (χ4v) is 2.92.